The maximum atomic E-state index is 9.00. The van der Waals surface area contributed by atoms with Gasteiger partial charge in [0.2, 0.25) is 0 Å². The summed E-state index contributed by atoms with van der Waals surface area (Å²) in [4.78, 5) is 0. The smallest absolute Gasteiger partial charge is 0.162 e. The number of hydrogen-bond donors (Lipinski definition) is 0. The van der Waals surface area contributed by atoms with E-state index in [0.717, 1.165) is 5.56 Å². The molecule has 0 amide bonds. The molecule has 1 rings (SSSR count). The fraction of sp³-hybridized carbons (Fsp3) is 0.417. The van der Waals surface area contributed by atoms with Crippen molar-refractivity contribution in [3.8, 4) is 17.6 Å². The van der Waals surface area contributed by atoms with E-state index < -0.39 is 0 Å². The topological polar surface area (TPSA) is 42.2 Å². The first-order valence-corrected chi connectivity index (χ1v) is 4.80. The summed E-state index contributed by atoms with van der Waals surface area (Å²) < 4.78 is 10.3. The van der Waals surface area contributed by atoms with Crippen molar-refractivity contribution in [2.75, 3.05) is 14.2 Å². The Labute approximate surface area is 90.2 Å². The lowest BCUT2D eigenvalue weighted by molar-refractivity contribution is 0.354. The normalized spacial score (nSPS) is 9.87. The summed E-state index contributed by atoms with van der Waals surface area (Å²) >= 11 is 0. The van der Waals surface area contributed by atoms with Crippen molar-refractivity contribution in [3.63, 3.8) is 0 Å². The van der Waals surface area contributed by atoms with Gasteiger partial charge >= 0.3 is 0 Å². The van der Waals surface area contributed by atoms with E-state index in [1.807, 2.05) is 19.9 Å². The van der Waals surface area contributed by atoms with E-state index in [4.69, 9.17) is 14.7 Å². The molecule has 1 aromatic rings. The molecule has 0 aliphatic rings. The summed E-state index contributed by atoms with van der Waals surface area (Å²) in [5.74, 6) is 1.55. The first-order valence-electron chi connectivity index (χ1n) is 4.80. The maximum absolute atomic E-state index is 9.00. The van der Waals surface area contributed by atoms with Crippen molar-refractivity contribution in [3.05, 3.63) is 23.3 Å². The highest BCUT2D eigenvalue weighted by atomic mass is 16.5. The molecule has 0 heterocycles. The highest BCUT2D eigenvalue weighted by molar-refractivity contribution is 5.52. The molecule has 0 radical (unpaired) electrons. The van der Waals surface area contributed by atoms with E-state index in [1.165, 1.54) is 0 Å². The van der Waals surface area contributed by atoms with Gasteiger partial charge in [0.1, 0.15) is 0 Å². The fourth-order valence-electron chi connectivity index (χ4n) is 1.47. The van der Waals surface area contributed by atoms with Crippen molar-refractivity contribution in [2.24, 2.45) is 0 Å². The Hall–Kier alpha value is -1.69. The number of methoxy groups -OCH3 is 2. The molecule has 0 aliphatic carbocycles. The standard InChI is InChI=1S/C12H15NO2/c1-8(2)10-6-12(15-4)11(14-3)5-9(10)7-13/h5-6,8H,1-4H3. The van der Waals surface area contributed by atoms with Gasteiger partial charge in [-0.05, 0) is 17.5 Å². The molecule has 0 saturated heterocycles. The third-order valence-electron chi connectivity index (χ3n) is 2.30. The molecule has 0 spiro atoms. The quantitative estimate of drug-likeness (QED) is 0.761. The van der Waals surface area contributed by atoms with Crippen LogP contribution in [0.1, 0.15) is 30.9 Å². The van der Waals surface area contributed by atoms with E-state index in [9.17, 15) is 0 Å². The Morgan fingerprint density at radius 2 is 1.67 bits per heavy atom. The zero-order valence-electron chi connectivity index (χ0n) is 9.50. The van der Waals surface area contributed by atoms with Gasteiger partial charge in [0, 0.05) is 6.07 Å². The molecular weight excluding hydrogens is 190 g/mol. The average Bonchev–Trinajstić information content (AvgIpc) is 2.26. The molecule has 0 aliphatic heterocycles. The Morgan fingerprint density at radius 1 is 1.13 bits per heavy atom. The molecule has 0 N–H and O–H groups in total. The molecule has 3 heteroatoms. The van der Waals surface area contributed by atoms with Crippen molar-refractivity contribution >= 4 is 0 Å². The van der Waals surface area contributed by atoms with Crippen LogP contribution in [0.2, 0.25) is 0 Å². The Balaban J connectivity index is 3.36. The molecule has 0 bridgehead atoms. The Morgan fingerprint density at radius 3 is 2.07 bits per heavy atom. The second-order valence-electron chi connectivity index (χ2n) is 3.56. The number of ether oxygens (including phenoxy) is 2. The maximum Gasteiger partial charge on any atom is 0.162 e. The van der Waals surface area contributed by atoms with Crippen molar-refractivity contribution in [1.29, 1.82) is 5.26 Å². The van der Waals surface area contributed by atoms with Gasteiger partial charge in [-0.3, -0.25) is 0 Å². The number of hydrogen-bond acceptors (Lipinski definition) is 3. The van der Waals surface area contributed by atoms with E-state index in [-0.39, 0.29) is 0 Å². The highest BCUT2D eigenvalue weighted by Crippen LogP contribution is 2.33. The molecule has 0 aromatic heterocycles. The van der Waals surface area contributed by atoms with Crippen LogP contribution >= 0.6 is 0 Å². The van der Waals surface area contributed by atoms with Crippen LogP contribution in [-0.4, -0.2) is 14.2 Å². The minimum atomic E-state index is 0.291. The van der Waals surface area contributed by atoms with Gasteiger partial charge in [0.25, 0.3) is 0 Å². The van der Waals surface area contributed by atoms with Crippen LogP contribution in [0.25, 0.3) is 0 Å². The fourth-order valence-corrected chi connectivity index (χ4v) is 1.47. The zero-order valence-corrected chi connectivity index (χ0v) is 9.50. The first-order chi connectivity index (χ1) is 7.13. The van der Waals surface area contributed by atoms with Gasteiger partial charge in [0.05, 0.1) is 25.9 Å². The van der Waals surface area contributed by atoms with E-state index >= 15 is 0 Å². The predicted molar refractivity (Wildman–Crippen MR) is 58.4 cm³/mol. The Kier molecular flexibility index (Phi) is 3.56. The van der Waals surface area contributed by atoms with Gasteiger partial charge in [-0.2, -0.15) is 5.26 Å². The number of benzene rings is 1. The van der Waals surface area contributed by atoms with Gasteiger partial charge in [-0.15, -0.1) is 0 Å². The molecule has 0 fully saturated rings. The van der Waals surface area contributed by atoms with Gasteiger partial charge in [-0.25, -0.2) is 0 Å². The lowest BCUT2D eigenvalue weighted by atomic mass is 9.97. The number of nitrogens with zero attached hydrogens (tertiary/aromatic N) is 1. The van der Waals surface area contributed by atoms with Gasteiger partial charge in [0.15, 0.2) is 11.5 Å². The second kappa shape index (κ2) is 4.70. The molecule has 80 valence electrons. The minimum absolute atomic E-state index is 0.291. The SMILES string of the molecule is COc1cc(C#N)c(C(C)C)cc1OC. The second-order valence-corrected chi connectivity index (χ2v) is 3.56. The molecule has 0 atom stereocenters. The van der Waals surface area contributed by atoms with Crippen LogP contribution < -0.4 is 9.47 Å². The summed E-state index contributed by atoms with van der Waals surface area (Å²) in [7, 11) is 3.15. The van der Waals surface area contributed by atoms with Crippen LogP contribution in [0.5, 0.6) is 11.5 Å². The third kappa shape index (κ3) is 2.21. The van der Waals surface area contributed by atoms with E-state index in [1.54, 1.807) is 20.3 Å². The van der Waals surface area contributed by atoms with E-state index in [0.29, 0.717) is 23.0 Å². The number of nitriles is 1. The molecule has 3 nitrogen and oxygen atoms in total. The van der Waals surface area contributed by atoms with Crippen molar-refractivity contribution < 1.29 is 9.47 Å². The summed E-state index contributed by atoms with van der Waals surface area (Å²) in [6.45, 7) is 4.09. The largest absolute Gasteiger partial charge is 0.493 e. The predicted octanol–water partition coefficient (Wildman–Crippen LogP) is 2.70. The monoisotopic (exact) mass is 205 g/mol. The van der Waals surface area contributed by atoms with Crippen LogP contribution in [0.15, 0.2) is 12.1 Å². The molecule has 15 heavy (non-hydrogen) atoms. The highest BCUT2D eigenvalue weighted by Gasteiger charge is 2.12. The van der Waals surface area contributed by atoms with Gasteiger partial charge < -0.3 is 9.47 Å². The lowest BCUT2D eigenvalue weighted by Crippen LogP contribution is -1.97. The summed E-state index contributed by atoms with van der Waals surface area (Å²) in [6.07, 6.45) is 0. The average molecular weight is 205 g/mol. The summed E-state index contributed by atoms with van der Waals surface area (Å²) in [5, 5.41) is 9.00. The summed E-state index contributed by atoms with van der Waals surface area (Å²) in [5.41, 5.74) is 1.62. The minimum Gasteiger partial charge on any atom is -0.493 e. The van der Waals surface area contributed by atoms with Crippen molar-refractivity contribution in [1.82, 2.24) is 0 Å². The first kappa shape index (κ1) is 11.4. The van der Waals surface area contributed by atoms with E-state index in [2.05, 4.69) is 6.07 Å². The van der Waals surface area contributed by atoms with Crippen LogP contribution in [0.3, 0.4) is 0 Å². The van der Waals surface area contributed by atoms with Crippen LogP contribution in [-0.2, 0) is 0 Å². The number of rotatable bonds is 3. The van der Waals surface area contributed by atoms with Crippen molar-refractivity contribution in [2.45, 2.75) is 19.8 Å². The zero-order chi connectivity index (χ0) is 11.4. The summed E-state index contributed by atoms with van der Waals surface area (Å²) in [6, 6.07) is 5.75. The molecular formula is C12H15NO2. The third-order valence-corrected chi connectivity index (χ3v) is 2.30. The van der Waals surface area contributed by atoms with Gasteiger partial charge in [-0.1, -0.05) is 13.8 Å². The molecule has 0 unspecified atom stereocenters. The lowest BCUT2D eigenvalue weighted by Gasteiger charge is -2.13. The Bertz CT molecular complexity index is 391. The molecule has 0 saturated carbocycles. The molecule has 1 aromatic carbocycles. The van der Waals surface area contributed by atoms with Crippen LogP contribution in [0, 0.1) is 11.3 Å². The van der Waals surface area contributed by atoms with Crippen LogP contribution in [0.4, 0.5) is 0 Å².